The van der Waals surface area contributed by atoms with E-state index in [1.165, 1.54) is 12.1 Å². The van der Waals surface area contributed by atoms with Crippen LogP contribution in [0.3, 0.4) is 0 Å². The zero-order chi connectivity index (χ0) is 21.8. The van der Waals surface area contributed by atoms with Crippen molar-refractivity contribution in [2.45, 2.75) is 25.8 Å². The molecule has 0 fully saturated rings. The molecule has 1 heterocycles. The predicted octanol–water partition coefficient (Wildman–Crippen LogP) is 4.26. The molecule has 1 aliphatic heterocycles. The van der Waals surface area contributed by atoms with E-state index in [2.05, 4.69) is 5.32 Å². The van der Waals surface area contributed by atoms with Crippen LogP contribution in [0.2, 0.25) is 0 Å². The highest BCUT2D eigenvalue weighted by atomic mass is 16.6. The van der Waals surface area contributed by atoms with Crippen LogP contribution in [-0.2, 0) is 29.0 Å². The number of aryl methyl sites for hydroxylation is 1. The second-order valence-corrected chi connectivity index (χ2v) is 7.46. The quantitative estimate of drug-likeness (QED) is 0.481. The van der Waals surface area contributed by atoms with Gasteiger partial charge in [-0.15, -0.1) is 0 Å². The Morgan fingerprint density at radius 2 is 1.71 bits per heavy atom. The van der Waals surface area contributed by atoms with E-state index in [1.54, 1.807) is 23.1 Å². The second-order valence-electron chi connectivity index (χ2n) is 7.46. The van der Waals surface area contributed by atoms with Gasteiger partial charge in [0.15, 0.2) is 0 Å². The van der Waals surface area contributed by atoms with Crippen molar-refractivity contribution in [1.29, 1.82) is 0 Å². The Bertz CT molecular complexity index is 1130. The molecule has 0 aromatic heterocycles. The summed E-state index contributed by atoms with van der Waals surface area (Å²) < 4.78 is 0. The molecule has 2 amide bonds. The van der Waals surface area contributed by atoms with Crippen LogP contribution in [0.25, 0.3) is 0 Å². The Hall–Kier alpha value is -4.00. The minimum atomic E-state index is -0.469. The number of nitrogens with zero attached hydrogens (tertiary/aromatic N) is 2. The molecule has 3 aromatic carbocycles. The highest BCUT2D eigenvalue weighted by Gasteiger charge is 2.24. The third-order valence-electron chi connectivity index (χ3n) is 5.26. The number of nitro groups is 1. The number of hydrogen-bond donors (Lipinski definition) is 1. The number of hydrogen-bond acceptors (Lipinski definition) is 4. The van der Waals surface area contributed by atoms with Gasteiger partial charge in [-0.05, 0) is 41.3 Å². The normalized spacial score (nSPS) is 12.9. The first kappa shape index (κ1) is 20.3. The highest BCUT2D eigenvalue weighted by Crippen LogP contribution is 2.31. The van der Waals surface area contributed by atoms with Crippen molar-refractivity contribution in [3.8, 4) is 0 Å². The van der Waals surface area contributed by atoms with E-state index in [1.807, 2.05) is 42.5 Å². The van der Waals surface area contributed by atoms with Crippen LogP contribution in [-0.4, -0.2) is 16.7 Å². The first-order valence-corrected chi connectivity index (χ1v) is 10.00. The monoisotopic (exact) mass is 415 g/mol. The topological polar surface area (TPSA) is 92.5 Å². The molecule has 0 radical (unpaired) electrons. The molecule has 4 rings (SSSR count). The third-order valence-corrected chi connectivity index (χ3v) is 5.26. The Labute approximate surface area is 179 Å². The summed E-state index contributed by atoms with van der Waals surface area (Å²) in [6.45, 7) is 0.512. The number of non-ortho nitro benzene ring substituents is 1. The summed E-state index contributed by atoms with van der Waals surface area (Å²) in [6, 6.07) is 21.4. The molecule has 0 saturated carbocycles. The summed E-state index contributed by atoms with van der Waals surface area (Å²) in [4.78, 5) is 37.0. The van der Waals surface area contributed by atoms with E-state index in [4.69, 9.17) is 0 Å². The molecule has 0 spiro atoms. The summed E-state index contributed by atoms with van der Waals surface area (Å²) in [5, 5.41) is 13.6. The maximum atomic E-state index is 12.5. The number of benzene rings is 3. The van der Waals surface area contributed by atoms with E-state index in [-0.39, 0.29) is 23.9 Å². The SMILES string of the molecule is O=C(Cc1ccc([N+](=O)[O-])cc1)Nc1ccc2c(c1)CCC(=O)N2Cc1ccccc1. The lowest BCUT2D eigenvalue weighted by Crippen LogP contribution is -2.34. The van der Waals surface area contributed by atoms with Crippen LogP contribution >= 0.6 is 0 Å². The zero-order valence-corrected chi connectivity index (χ0v) is 16.8. The fourth-order valence-corrected chi connectivity index (χ4v) is 3.70. The van der Waals surface area contributed by atoms with Crippen molar-refractivity contribution in [2.75, 3.05) is 10.2 Å². The van der Waals surface area contributed by atoms with Crippen molar-refractivity contribution < 1.29 is 14.5 Å². The fraction of sp³-hybridized carbons (Fsp3) is 0.167. The summed E-state index contributed by atoms with van der Waals surface area (Å²) in [7, 11) is 0. The average Bonchev–Trinajstić information content (AvgIpc) is 2.77. The Morgan fingerprint density at radius 3 is 2.42 bits per heavy atom. The maximum absolute atomic E-state index is 12.5. The number of rotatable bonds is 6. The van der Waals surface area contributed by atoms with Crippen LogP contribution in [0, 0.1) is 10.1 Å². The molecular formula is C24H21N3O4. The van der Waals surface area contributed by atoms with E-state index >= 15 is 0 Å². The molecule has 0 atom stereocenters. The van der Waals surface area contributed by atoms with Crippen molar-refractivity contribution in [3.63, 3.8) is 0 Å². The minimum Gasteiger partial charge on any atom is -0.326 e. The highest BCUT2D eigenvalue weighted by molar-refractivity contribution is 5.97. The van der Waals surface area contributed by atoms with Crippen LogP contribution in [0.1, 0.15) is 23.1 Å². The first-order valence-electron chi connectivity index (χ1n) is 10.00. The maximum Gasteiger partial charge on any atom is 0.269 e. The van der Waals surface area contributed by atoms with Gasteiger partial charge >= 0.3 is 0 Å². The average molecular weight is 415 g/mol. The number of anilines is 2. The molecule has 7 heteroatoms. The van der Waals surface area contributed by atoms with Crippen molar-refractivity contribution in [3.05, 3.63) is 99.6 Å². The van der Waals surface area contributed by atoms with E-state index in [0.29, 0.717) is 30.6 Å². The van der Waals surface area contributed by atoms with E-state index < -0.39 is 4.92 Å². The van der Waals surface area contributed by atoms with Gasteiger partial charge in [0.25, 0.3) is 5.69 Å². The van der Waals surface area contributed by atoms with Gasteiger partial charge in [-0.3, -0.25) is 19.7 Å². The number of nitrogens with one attached hydrogen (secondary N) is 1. The Balaban J connectivity index is 1.45. The number of carbonyl (C=O) groups excluding carboxylic acids is 2. The third kappa shape index (κ3) is 4.78. The molecule has 156 valence electrons. The van der Waals surface area contributed by atoms with Crippen LogP contribution in [0.15, 0.2) is 72.8 Å². The summed E-state index contributed by atoms with van der Waals surface area (Å²) in [5.41, 5.74) is 4.30. The Kier molecular flexibility index (Phi) is 5.75. The van der Waals surface area contributed by atoms with Gasteiger partial charge in [-0.1, -0.05) is 42.5 Å². The molecule has 0 aliphatic carbocycles. The lowest BCUT2D eigenvalue weighted by Gasteiger charge is -2.30. The Morgan fingerprint density at radius 1 is 0.968 bits per heavy atom. The van der Waals surface area contributed by atoms with Crippen LogP contribution in [0.5, 0.6) is 0 Å². The van der Waals surface area contributed by atoms with Gasteiger partial charge in [0, 0.05) is 29.9 Å². The van der Waals surface area contributed by atoms with E-state index in [0.717, 1.165) is 16.8 Å². The van der Waals surface area contributed by atoms with Gasteiger partial charge in [0.1, 0.15) is 0 Å². The zero-order valence-electron chi connectivity index (χ0n) is 16.8. The fourth-order valence-electron chi connectivity index (χ4n) is 3.70. The minimum absolute atomic E-state index is 0.00607. The molecule has 0 unspecified atom stereocenters. The van der Waals surface area contributed by atoms with Gasteiger partial charge in [-0.25, -0.2) is 0 Å². The molecule has 1 aliphatic rings. The van der Waals surface area contributed by atoms with Crippen molar-refractivity contribution in [1.82, 2.24) is 0 Å². The molecule has 1 N–H and O–H groups in total. The molecule has 7 nitrogen and oxygen atoms in total. The van der Waals surface area contributed by atoms with E-state index in [9.17, 15) is 19.7 Å². The number of fused-ring (bicyclic) bond motifs is 1. The smallest absolute Gasteiger partial charge is 0.269 e. The summed E-state index contributed by atoms with van der Waals surface area (Å²) in [5.74, 6) is -0.117. The van der Waals surface area contributed by atoms with Crippen molar-refractivity contribution in [2.24, 2.45) is 0 Å². The standard InChI is InChI=1S/C24H21N3O4/c28-23(14-17-6-10-21(11-7-17)27(30)31)25-20-9-12-22-19(15-20)8-13-24(29)26(22)16-18-4-2-1-3-5-18/h1-7,9-12,15H,8,13-14,16H2,(H,25,28). The predicted molar refractivity (Wildman–Crippen MR) is 118 cm³/mol. The van der Waals surface area contributed by atoms with Gasteiger partial charge in [-0.2, -0.15) is 0 Å². The molecule has 31 heavy (non-hydrogen) atoms. The molecule has 3 aromatic rings. The largest absolute Gasteiger partial charge is 0.326 e. The molecule has 0 bridgehead atoms. The molecular weight excluding hydrogens is 394 g/mol. The van der Waals surface area contributed by atoms with Crippen molar-refractivity contribution >= 4 is 28.9 Å². The summed E-state index contributed by atoms with van der Waals surface area (Å²) >= 11 is 0. The first-order chi connectivity index (χ1) is 15.0. The van der Waals surface area contributed by atoms with Crippen LogP contribution < -0.4 is 10.2 Å². The van der Waals surface area contributed by atoms with Crippen LogP contribution in [0.4, 0.5) is 17.1 Å². The van der Waals surface area contributed by atoms with Gasteiger partial charge in [0.2, 0.25) is 11.8 Å². The number of nitro benzene ring substituents is 1. The summed E-state index contributed by atoms with van der Waals surface area (Å²) in [6.07, 6.45) is 1.18. The number of amides is 2. The van der Waals surface area contributed by atoms with Gasteiger partial charge < -0.3 is 10.2 Å². The lowest BCUT2D eigenvalue weighted by atomic mass is 9.99. The lowest BCUT2D eigenvalue weighted by molar-refractivity contribution is -0.384. The van der Waals surface area contributed by atoms with Gasteiger partial charge in [0.05, 0.1) is 17.9 Å². The number of carbonyl (C=O) groups is 2. The second kappa shape index (κ2) is 8.79. The molecule has 0 saturated heterocycles.